The molecule has 1 amide bonds. The number of hydrazone groups is 1. The number of amides is 1. The van der Waals surface area contributed by atoms with Crippen molar-refractivity contribution in [1.29, 1.82) is 0 Å². The molecule has 7 heteroatoms. The minimum atomic E-state index is -0.592. The second-order valence-corrected chi connectivity index (χ2v) is 6.24. The van der Waals surface area contributed by atoms with Gasteiger partial charge in [-0.15, -0.1) is 0 Å². The van der Waals surface area contributed by atoms with Crippen LogP contribution in [0.2, 0.25) is 0 Å². The van der Waals surface area contributed by atoms with Crippen LogP contribution in [0.1, 0.15) is 5.56 Å². The van der Waals surface area contributed by atoms with Crippen LogP contribution < -0.4 is 25.0 Å². The van der Waals surface area contributed by atoms with Crippen molar-refractivity contribution in [3.63, 3.8) is 0 Å². The minimum Gasteiger partial charge on any atom is -0.493 e. The number of hydrogen-bond acceptors (Lipinski definition) is 6. The van der Waals surface area contributed by atoms with Gasteiger partial charge in [0.2, 0.25) is 5.75 Å². The number of nitrogens with two attached hydrogens (primary N) is 1. The fraction of sp³-hybridized carbons (Fsp3) is 0.130. The van der Waals surface area contributed by atoms with Crippen LogP contribution in [-0.4, -0.2) is 32.9 Å². The number of ether oxygens (including phenoxy) is 3. The van der Waals surface area contributed by atoms with Crippen LogP contribution in [0.3, 0.4) is 0 Å². The van der Waals surface area contributed by atoms with E-state index >= 15 is 0 Å². The molecule has 2 N–H and O–H groups in total. The van der Waals surface area contributed by atoms with Crippen molar-refractivity contribution in [3.8, 4) is 17.2 Å². The molecule has 0 saturated heterocycles. The number of benzene rings is 3. The smallest absolute Gasteiger partial charge is 0.255 e. The molecular formula is C23H23N3O4. The molecule has 0 saturated carbocycles. The summed E-state index contributed by atoms with van der Waals surface area (Å²) in [6.45, 7) is -0.282. The molecule has 0 bridgehead atoms. The third-order valence-corrected chi connectivity index (χ3v) is 4.17. The van der Waals surface area contributed by atoms with E-state index in [9.17, 15) is 4.79 Å². The lowest BCUT2D eigenvalue weighted by atomic mass is 10.2. The number of rotatable bonds is 9. The van der Waals surface area contributed by atoms with Crippen LogP contribution in [0.15, 0.2) is 77.9 Å². The molecule has 3 rings (SSSR count). The number of nitrogens with zero attached hydrogens (tertiary/aromatic N) is 2. The summed E-state index contributed by atoms with van der Waals surface area (Å²) in [5.74, 6) is 0.524. The second kappa shape index (κ2) is 9.97. The van der Waals surface area contributed by atoms with Gasteiger partial charge in [-0.25, -0.2) is 5.01 Å². The summed E-state index contributed by atoms with van der Waals surface area (Å²) in [4.78, 5) is 11.1. The highest BCUT2D eigenvalue weighted by Gasteiger charge is 2.15. The number of hydrogen-bond donors (Lipinski definition) is 1. The Morgan fingerprint density at radius 2 is 1.43 bits per heavy atom. The Kier molecular flexibility index (Phi) is 6.89. The first-order chi connectivity index (χ1) is 14.6. The van der Waals surface area contributed by atoms with Crippen molar-refractivity contribution in [2.75, 3.05) is 25.8 Å². The maximum Gasteiger partial charge on any atom is 0.255 e. The van der Waals surface area contributed by atoms with Gasteiger partial charge in [-0.1, -0.05) is 36.4 Å². The zero-order valence-corrected chi connectivity index (χ0v) is 16.8. The fourth-order valence-electron chi connectivity index (χ4n) is 2.81. The summed E-state index contributed by atoms with van der Waals surface area (Å²) >= 11 is 0. The van der Waals surface area contributed by atoms with Gasteiger partial charge in [0.1, 0.15) is 0 Å². The van der Waals surface area contributed by atoms with Crippen LogP contribution in [0.4, 0.5) is 11.4 Å². The van der Waals surface area contributed by atoms with Crippen molar-refractivity contribution >= 4 is 23.5 Å². The lowest BCUT2D eigenvalue weighted by molar-refractivity contribution is -0.119. The van der Waals surface area contributed by atoms with E-state index < -0.39 is 5.91 Å². The Hall–Kier alpha value is -4.00. The highest BCUT2D eigenvalue weighted by atomic mass is 16.5. The fourth-order valence-corrected chi connectivity index (χ4v) is 2.81. The molecule has 7 nitrogen and oxygen atoms in total. The van der Waals surface area contributed by atoms with E-state index in [2.05, 4.69) is 5.10 Å². The van der Waals surface area contributed by atoms with E-state index in [1.54, 1.807) is 18.3 Å². The zero-order valence-electron chi connectivity index (χ0n) is 16.8. The Morgan fingerprint density at radius 3 is 1.87 bits per heavy atom. The van der Waals surface area contributed by atoms with E-state index in [0.29, 0.717) is 17.2 Å². The Labute approximate surface area is 175 Å². The van der Waals surface area contributed by atoms with Crippen molar-refractivity contribution in [2.45, 2.75) is 0 Å². The minimum absolute atomic E-state index is 0.282. The van der Waals surface area contributed by atoms with E-state index in [4.69, 9.17) is 19.9 Å². The van der Waals surface area contributed by atoms with Crippen molar-refractivity contribution in [1.82, 2.24) is 0 Å². The first-order valence-electron chi connectivity index (χ1n) is 9.23. The van der Waals surface area contributed by atoms with Crippen LogP contribution in [0.5, 0.6) is 17.2 Å². The molecule has 0 aliphatic heterocycles. The number of primary amides is 1. The van der Waals surface area contributed by atoms with Gasteiger partial charge in [0.05, 0.1) is 31.8 Å². The molecule has 0 unspecified atom stereocenters. The molecule has 154 valence electrons. The van der Waals surface area contributed by atoms with Crippen LogP contribution in [0, 0.1) is 0 Å². The van der Waals surface area contributed by atoms with Crippen LogP contribution >= 0.6 is 0 Å². The summed E-state index contributed by atoms with van der Waals surface area (Å²) < 4.78 is 16.3. The molecule has 0 radical (unpaired) electrons. The highest BCUT2D eigenvalue weighted by Crippen LogP contribution is 2.38. The molecule has 0 spiro atoms. The predicted octanol–water partition coefficient (Wildman–Crippen LogP) is 3.74. The number of anilines is 2. The van der Waals surface area contributed by atoms with Crippen molar-refractivity contribution in [3.05, 3.63) is 78.4 Å². The number of para-hydroxylation sites is 2. The molecule has 3 aromatic carbocycles. The highest BCUT2D eigenvalue weighted by molar-refractivity contribution is 5.84. The summed E-state index contributed by atoms with van der Waals surface area (Å²) in [7, 11) is 3.01. The predicted molar refractivity (Wildman–Crippen MR) is 117 cm³/mol. The van der Waals surface area contributed by atoms with Crippen molar-refractivity contribution in [2.24, 2.45) is 10.8 Å². The maximum atomic E-state index is 11.1. The number of methoxy groups -OCH3 is 2. The Bertz CT molecular complexity index is 943. The van der Waals surface area contributed by atoms with Gasteiger partial charge in [0, 0.05) is 5.56 Å². The monoisotopic (exact) mass is 405 g/mol. The van der Waals surface area contributed by atoms with E-state index in [-0.39, 0.29) is 6.61 Å². The molecule has 0 fully saturated rings. The normalized spacial score (nSPS) is 10.6. The average molecular weight is 405 g/mol. The van der Waals surface area contributed by atoms with Gasteiger partial charge < -0.3 is 19.9 Å². The first kappa shape index (κ1) is 20.7. The van der Waals surface area contributed by atoms with Gasteiger partial charge in [0.15, 0.2) is 18.1 Å². The quantitative estimate of drug-likeness (QED) is 0.433. The van der Waals surface area contributed by atoms with Gasteiger partial charge in [-0.3, -0.25) is 4.79 Å². The van der Waals surface area contributed by atoms with Crippen molar-refractivity contribution < 1.29 is 19.0 Å². The lowest BCUT2D eigenvalue weighted by Gasteiger charge is -2.19. The molecule has 0 heterocycles. The Morgan fingerprint density at radius 1 is 0.933 bits per heavy atom. The summed E-state index contributed by atoms with van der Waals surface area (Å²) in [5.41, 5.74) is 7.74. The zero-order chi connectivity index (χ0) is 21.3. The lowest BCUT2D eigenvalue weighted by Crippen LogP contribution is -2.20. The molecule has 0 aliphatic rings. The molecule has 0 aromatic heterocycles. The molecule has 30 heavy (non-hydrogen) atoms. The first-order valence-corrected chi connectivity index (χ1v) is 9.23. The van der Waals surface area contributed by atoms with Gasteiger partial charge in [-0.2, -0.15) is 5.10 Å². The summed E-state index contributed by atoms with van der Waals surface area (Å²) in [5, 5.41) is 6.50. The van der Waals surface area contributed by atoms with Crippen LogP contribution in [-0.2, 0) is 4.79 Å². The molecule has 3 aromatic rings. The topological polar surface area (TPSA) is 86.4 Å². The largest absolute Gasteiger partial charge is 0.493 e. The molecule has 0 aliphatic carbocycles. The maximum absolute atomic E-state index is 11.1. The summed E-state index contributed by atoms with van der Waals surface area (Å²) in [6, 6.07) is 23.1. The van der Waals surface area contributed by atoms with Gasteiger partial charge in [0.25, 0.3) is 5.91 Å². The van der Waals surface area contributed by atoms with E-state index in [1.165, 1.54) is 14.2 Å². The Balaban J connectivity index is 1.97. The van der Waals surface area contributed by atoms with Gasteiger partial charge >= 0.3 is 0 Å². The van der Waals surface area contributed by atoms with E-state index in [0.717, 1.165) is 16.9 Å². The number of carbonyl (C=O) groups is 1. The third-order valence-electron chi connectivity index (χ3n) is 4.17. The third kappa shape index (κ3) is 5.08. The standard InChI is InChI=1S/C23H23N3O4/c1-28-20-13-17(14-21(29-2)23(20)30-16-22(24)27)15-25-26(18-9-5-3-6-10-18)19-11-7-4-8-12-19/h3-15H,16H2,1-2H3,(H2,24,27)/b25-15-. The molecular weight excluding hydrogens is 382 g/mol. The van der Waals surface area contributed by atoms with Crippen LogP contribution in [0.25, 0.3) is 0 Å². The average Bonchev–Trinajstić information content (AvgIpc) is 2.79. The summed E-state index contributed by atoms with van der Waals surface area (Å²) in [6.07, 6.45) is 1.70. The van der Waals surface area contributed by atoms with Gasteiger partial charge in [-0.05, 0) is 36.4 Å². The second-order valence-electron chi connectivity index (χ2n) is 6.24. The molecule has 0 atom stereocenters. The SMILES string of the molecule is COc1cc(/C=N\N(c2ccccc2)c2ccccc2)cc(OC)c1OCC(N)=O. The number of carbonyl (C=O) groups excluding carboxylic acids is 1. The van der Waals surface area contributed by atoms with E-state index in [1.807, 2.05) is 65.7 Å².